The Kier molecular flexibility index (Phi) is 3.29. The van der Waals surface area contributed by atoms with Crippen LogP contribution in [0.5, 0.6) is 0 Å². The fourth-order valence-corrected chi connectivity index (χ4v) is 2.27. The average molecular weight is 278 g/mol. The zero-order valence-electron chi connectivity index (χ0n) is 12.8. The van der Waals surface area contributed by atoms with Crippen LogP contribution in [-0.4, -0.2) is 9.38 Å². The first-order chi connectivity index (χ1) is 10.0. The molecule has 0 amide bonds. The minimum Gasteiger partial charge on any atom is -0.283 e. The molecule has 0 saturated carbocycles. The maximum atomic E-state index is 4.51. The monoisotopic (exact) mass is 278 g/mol. The van der Waals surface area contributed by atoms with Crippen molar-refractivity contribution in [2.24, 2.45) is 10.2 Å². The second-order valence-electron chi connectivity index (χ2n) is 5.42. The number of azo groups is 1. The molecule has 0 aliphatic rings. The Labute approximate surface area is 124 Å². The fraction of sp³-hybridized carbons (Fsp3) is 0.235. The van der Waals surface area contributed by atoms with Crippen molar-refractivity contribution in [3.8, 4) is 0 Å². The van der Waals surface area contributed by atoms with Crippen LogP contribution in [0.1, 0.15) is 22.4 Å². The predicted octanol–water partition coefficient (Wildman–Crippen LogP) is 4.98. The number of aromatic nitrogens is 2. The minimum absolute atomic E-state index is 0.784. The van der Waals surface area contributed by atoms with Crippen molar-refractivity contribution in [2.75, 3.05) is 0 Å². The topological polar surface area (TPSA) is 42.0 Å². The first-order valence-corrected chi connectivity index (χ1v) is 6.99. The number of imidazole rings is 1. The Morgan fingerprint density at radius 3 is 2.48 bits per heavy atom. The van der Waals surface area contributed by atoms with Gasteiger partial charge in [-0.3, -0.25) is 4.40 Å². The lowest BCUT2D eigenvalue weighted by Crippen LogP contribution is -1.84. The van der Waals surface area contributed by atoms with E-state index in [2.05, 4.69) is 42.1 Å². The van der Waals surface area contributed by atoms with Gasteiger partial charge in [-0.15, -0.1) is 10.2 Å². The summed E-state index contributed by atoms with van der Waals surface area (Å²) in [6, 6.07) is 10.1. The Morgan fingerprint density at radius 1 is 0.905 bits per heavy atom. The quantitative estimate of drug-likeness (QED) is 0.609. The van der Waals surface area contributed by atoms with E-state index in [1.165, 1.54) is 16.7 Å². The predicted molar refractivity (Wildman–Crippen MR) is 84.8 cm³/mol. The minimum atomic E-state index is 0.784. The number of pyridine rings is 1. The van der Waals surface area contributed by atoms with Crippen LogP contribution in [0.15, 0.2) is 46.8 Å². The summed E-state index contributed by atoms with van der Waals surface area (Å²) in [6.45, 7) is 8.18. The molecule has 0 N–H and O–H groups in total. The molecular weight excluding hydrogens is 260 g/mol. The summed E-state index contributed by atoms with van der Waals surface area (Å²) in [5.41, 5.74) is 6.29. The molecule has 1 aromatic carbocycles. The number of hydrogen-bond acceptors (Lipinski definition) is 3. The van der Waals surface area contributed by atoms with E-state index in [1.54, 1.807) is 0 Å². The van der Waals surface area contributed by atoms with Crippen molar-refractivity contribution in [3.63, 3.8) is 0 Å². The van der Waals surface area contributed by atoms with E-state index in [0.717, 1.165) is 22.8 Å². The number of nitrogens with zero attached hydrogens (tertiary/aromatic N) is 4. The standard InChI is InChI=1S/C17H18N4/c1-11-5-8-16-18-14(4)17(21(16)10-11)20-19-15-7-6-12(2)13(3)9-15/h5-10H,1-4H3. The van der Waals surface area contributed by atoms with Crippen molar-refractivity contribution >= 4 is 17.2 Å². The molecule has 0 aliphatic carbocycles. The Bertz CT molecular complexity index is 843. The van der Waals surface area contributed by atoms with Crippen LogP contribution in [-0.2, 0) is 0 Å². The summed E-state index contributed by atoms with van der Waals surface area (Å²) < 4.78 is 1.98. The molecule has 0 bridgehead atoms. The molecule has 3 aromatic rings. The largest absolute Gasteiger partial charge is 0.283 e. The summed E-state index contributed by atoms with van der Waals surface area (Å²) in [6.07, 6.45) is 2.03. The van der Waals surface area contributed by atoms with E-state index in [-0.39, 0.29) is 0 Å². The third-order valence-corrected chi connectivity index (χ3v) is 3.66. The summed E-state index contributed by atoms with van der Waals surface area (Å²) in [5.74, 6) is 0.784. The number of rotatable bonds is 2. The zero-order valence-corrected chi connectivity index (χ0v) is 12.8. The maximum Gasteiger partial charge on any atom is 0.182 e. The molecular formula is C17H18N4. The first kappa shape index (κ1) is 13.5. The highest BCUT2D eigenvalue weighted by molar-refractivity contribution is 5.52. The lowest BCUT2D eigenvalue weighted by atomic mass is 10.1. The van der Waals surface area contributed by atoms with Crippen molar-refractivity contribution in [2.45, 2.75) is 27.7 Å². The van der Waals surface area contributed by atoms with E-state index < -0.39 is 0 Å². The Balaban J connectivity index is 2.04. The number of fused-ring (bicyclic) bond motifs is 1. The van der Waals surface area contributed by atoms with E-state index in [1.807, 2.05) is 41.8 Å². The fourth-order valence-electron chi connectivity index (χ4n) is 2.27. The molecule has 0 unspecified atom stereocenters. The van der Waals surface area contributed by atoms with Gasteiger partial charge in [-0.05, 0) is 62.6 Å². The van der Waals surface area contributed by atoms with Gasteiger partial charge in [0.2, 0.25) is 0 Å². The summed E-state index contributed by atoms with van der Waals surface area (Å²) in [7, 11) is 0. The van der Waals surface area contributed by atoms with Gasteiger partial charge in [0.15, 0.2) is 5.82 Å². The van der Waals surface area contributed by atoms with Crippen molar-refractivity contribution in [3.05, 3.63) is 58.9 Å². The summed E-state index contributed by atoms with van der Waals surface area (Å²) in [5, 5.41) is 8.76. The van der Waals surface area contributed by atoms with Gasteiger partial charge in [0.25, 0.3) is 0 Å². The summed E-state index contributed by atoms with van der Waals surface area (Å²) in [4.78, 5) is 4.51. The molecule has 3 rings (SSSR count). The van der Waals surface area contributed by atoms with Crippen LogP contribution in [0.2, 0.25) is 0 Å². The molecule has 106 valence electrons. The van der Waals surface area contributed by atoms with Gasteiger partial charge in [0.05, 0.1) is 11.4 Å². The van der Waals surface area contributed by atoms with Crippen LogP contribution < -0.4 is 0 Å². The lowest BCUT2D eigenvalue weighted by Gasteiger charge is -2.00. The molecule has 4 heteroatoms. The molecule has 0 saturated heterocycles. The van der Waals surface area contributed by atoms with Crippen LogP contribution in [0, 0.1) is 27.7 Å². The second kappa shape index (κ2) is 5.13. The molecule has 0 spiro atoms. The van der Waals surface area contributed by atoms with Crippen molar-refractivity contribution in [1.29, 1.82) is 0 Å². The first-order valence-electron chi connectivity index (χ1n) is 6.99. The number of benzene rings is 1. The average Bonchev–Trinajstić information content (AvgIpc) is 2.75. The molecule has 2 aromatic heterocycles. The van der Waals surface area contributed by atoms with Crippen molar-refractivity contribution in [1.82, 2.24) is 9.38 Å². The van der Waals surface area contributed by atoms with Crippen LogP contribution in [0.3, 0.4) is 0 Å². The molecule has 21 heavy (non-hydrogen) atoms. The molecule has 0 aliphatic heterocycles. The Hall–Kier alpha value is -2.49. The van der Waals surface area contributed by atoms with Gasteiger partial charge in [-0.1, -0.05) is 12.1 Å². The van der Waals surface area contributed by atoms with Crippen LogP contribution >= 0.6 is 0 Å². The molecule has 0 radical (unpaired) electrons. The van der Waals surface area contributed by atoms with Crippen LogP contribution in [0.4, 0.5) is 11.5 Å². The third-order valence-electron chi connectivity index (χ3n) is 3.66. The van der Waals surface area contributed by atoms with Gasteiger partial charge < -0.3 is 0 Å². The van der Waals surface area contributed by atoms with Crippen LogP contribution in [0.25, 0.3) is 5.65 Å². The van der Waals surface area contributed by atoms with Gasteiger partial charge in [0, 0.05) is 6.20 Å². The smallest absolute Gasteiger partial charge is 0.182 e. The van der Waals surface area contributed by atoms with E-state index >= 15 is 0 Å². The summed E-state index contributed by atoms with van der Waals surface area (Å²) >= 11 is 0. The second-order valence-corrected chi connectivity index (χ2v) is 5.42. The Morgan fingerprint density at radius 2 is 1.71 bits per heavy atom. The number of hydrogen-bond donors (Lipinski definition) is 0. The van der Waals surface area contributed by atoms with E-state index in [4.69, 9.17) is 0 Å². The molecule has 0 fully saturated rings. The van der Waals surface area contributed by atoms with Crippen molar-refractivity contribution < 1.29 is 0 Å². The maximum absolute atomic E-state index is 4.51. The SMILES string of the molecule is Cc1ccc2nc(C)c(N=Nc3ccc(C)c(C)c3)n2c1. The zero-order chi connectivity index (χ0) is 15.0. The normalized spacial score (nSPS) is 11.6. The van der Waals surface area contributed by atoms with Gasteiger partial charge in [0.1, 0.15) is 5.65 Å². The highest BCUT2D eigenvalue weighted by Gasteiger charge is 2.07. The molecule has 0 atom stereocenters. The highest BCUT2D eigenvalue weighted by atomic mass is 15.2. The van der Waals surface area contributed by atoms with E-state index in [0.29, 0.717) is 0 Å². The molecule has 4 nitrogen and oxygen atoms in total. The van der Waals surface area contributed by atoms with E-state index in [9.17, 15) is 0 Å². The van der Waals surface area contributed by atoms with Gasteiger partial charge in [-0.25, -0.2) is 4.98 Å². The lowest BCUT2D eigenvalue weighted by molar-refractivity contribution is 1.08. The molecule has 2 heterocycles. The third kappa shape index (κ3) is 2.57. The highest BCUT2D eigenvalue weighted by Crippen LogP contribution is 2.25. The van der Waals surface area contributed by atoms with Gasteiger partial charge in [-0.2, -0.15) is 0 Å². The number of aryl methyl sites for hydroxylation is 4. The van der Waals surface area contributed by atoms with Gasteiger partial charge >= 0.3 is 0 Å².